The first-order chi connectivity index (χ1) is 8.46. The van der Waals surface area contributed by atoms with Gasteiger partial charge < -0.3 is 10.1 Å². The van der Waals surface area contributed by atoms with E-state index in [0.717, 1.165) is 19.6 Å². The molecule has 0 radical (unpaired) electrons. The summed E-state index contributed by atoms with van der Waals surface area (Å²) in [6.45, 7) is 5.76. The van der Waals surface area contributed by atoms with Crippen LogP contribution < -0.4 is 5.32 Å². The van der Waals surface area contributed by atoms with Crippen molar-refractivity contribution in [3.63, 3.8) is 0 Å². The Morgan fingerprint density at radius 2 is 2.22 bits per heavy atom. The fourth-order valence-corrected chi connectivity index (χ4v) is 1.66. The summed E-state index contributed by atoms with van der Waals surface area (Å²) < 4.78 is 5.08. The van der Waals surface area contributed by atoms with Gasteiger partial charge in [0.2, 0.25) is 0 Å². The third-order valence-corrected chi connectivity index (χ3v) is 2.85. The summed E-state index contributed by atoms with van der Waals surface area (Å²) in [4.78, 5) is 4.14. The maximum Gasteiger partial charge on any atom is 0.132 e. The number of pyridine rings is 1. The van der Waals surface area contributed by atoms with Crippen molar-refractivity contribution in [2.24, 2.45) is 5.41 Å². The minimum atomic E-state index is 0.0901. The van der Waals surface area contributed by atoms with E-state index in [9.17, 15) is 0 Å². The Hall–Kier alpha value is -1.31. The highest BCUT2D eigenvalue weighted by atomic mass is 35.5. The molecule has 0 aliphatic heterocycles. The normalized spacial score (nSPS) is 11.1. The van der Waals surface area contributed by atoms with E-state index in [1.807, 2.05) is 0 Å². The second-order valence-electron chi connectivity index (χ2n) is 4.94. The molecule has 18 heavy (non-hydrogen) atoms. The Labute approximate surface area is 113 Å². The summed E-state index contributed by atoms with van der Waals surface area (Å²) in [5.74, 6) is 0.629. The minimum absolute atomic E-state index is 0.0901. The molecule has 1 heterocycles. The van der Waals surface area contributed by atoms with Gasteiger partial charge in [0.15, 0.2) is 0 Å². The Kier molecular flexibility index (Phi) is 5.39. The zero-order valence-electron chi connectivity index (χ0n) is 11.0. The first kappa shape index (κ1) is 14.7. The molecule has 1 aromatic rings. The number of methoxy groups -OCH3 is 1. The van der Waals surface area contributed by atoms with Gasteiger partial charge in [-0.1, -0.05) is 25.4 Å². The third-order valence-electron chi connectivity index (χ3n) is 2.65. The van der Waals surface area contributed by atoms with Crippen LogP contribution >= 0.6 is 11.6 Å². The Morgan fingerprint density at radius 3 is 2.83 bits per heavy atom. The summed E-state index contributed by atoms with van der Waals surface area (Å²) in [7, 11) is 1.70. The van der Waals surface area contributed by atoms with Crippen molar-refractivity contribution in [2.75, 3.05) is 25.6 Å². The molecule has 0 spiro atoms. The molecule has 1 aromatic heterocycles. The number of rotatable bonds is 6. The third kappa shape index (κ3) is 4.91. The number of halogens is 1. The monoisotopic (exact) mass is 267 g/mol. The molecule has 0 aromatic carbocycles. The van der Waals surface area contributed by atoms with Crippen molar-refractivity contribution in [3.05, 3.63) is 22.8 Å². The fourth-order valence-electron chi connectivity index (χ4n) is 1.45. The van der Waals surface area contributed by atoms with E-state index in [4.69, 9.17) is 21.6 Å². The van der Waals surface area contributed by atoms with Crippen LogP contribution in [0.5, 0.6) is 0 Å². The van der Waals surface area contributed by atoms with E-state index in [1.54, 1.807) is 19.2 Å². The molecule has 4 nitrogen and oxygen atoms in total. The van der Waals surface area contributed by atoms with Gasteiger partial charge in [-0.25, -0.2) is 4.98 Å². The number of nitriles is 1. The van der Waals surface area contributed by atoms with E-state index in [2.05, 4.69) is 30.2 Å². The van der Waals surface area contributed by atoms with Crippen LogP contribution in [0.4, 0.5) is 5.82 Å². The van der Waals surface area contributed by atoms with Crippen molar-refractivity contribution >= 4 is 17.4 Å². The van der Waals surface area contributed by atoms with Crippen LogP contribution in [0.15, 0.2) is 12.1 Å². The molecular weight excluding hydrogens is 250 g/mol. The lowest BCUT2D eigenvalue weighted by molar-refractivity contribution is 0.157. The molecule has 0 saturated heterocycles. The van der Waals surface area contributed by atoms with Gasteiger partial charge in [-0.2, -0.15) is 5.26 Å². The van der Waals surface area contributed by atoms with Crippen molar-refractivity contribution < 1.29 is 4.74 Å². The molecule has 0 amide bonds. The molecule has 0 fully saturated rings. The summed E-state index contributed by atoms with van der Waals surface area (Å²) >= 11 is 5.84. The zero-order chi connectivity index (χ0) is 13.6. The van der Waals surface area contributed by atoms with Crippen LogP contribution in [0.25, 0.3) is 0 Å². The number of ether oxygens (including phenoxy) is 1. The predicted molar refractivity (Wildman–Crippen MR) is 72.7 cm³/mol. The lowest BCUT2D eigenvalue weighted by atomic mass is 9.90. The highest BCUT2D eigenvalue weighted by Crippen LogP contribution is 2.21. The molecule has 0 saturated carbocycles. The van der Waals surface area contributed by atoms with E-state index in [0.29, 0.717) is 16.5 Å². The van der Waals surface area contributed by atoms with Gasteiger partial charge in [-0.05, 0) is 24.0 Å². The average Bonchev–Trinajstić information content (AvgIpc) is 2.33. The second-order valence-corrected chi connectivity index (χ2v) is 5.32. The van der Waals surface area contributed by atoms with Crippen LogP contribution in [-0.2, 0) is 4.74 Å². The lowest BCUT2D eigenvalue weighted by Crippen LogP contribution is -2.25. The van der Waals surface area contributed by atoms with Crippen molar-refractivity contribution in [1.82, 2.24) is 4.98 Å². The van der Waals surface area contributed by atoms with E-state index in [-0.39, 0.29) is 5.41 Å². The zero-order valence-corrected chi connectivity index (χ0v) is 11.7. The van der Waals surface area contributed by atoms with Crippen LogP contribution in [0.3, 0.4) is 0 Å². The fraction of sp³-hybridized carbons (Fsp3) is 0.538. The van der Waals surface area contributed by atoms with E-state index >= 15 is 0 Å². The van der Waals surface area contributed by atoms with E-state index < -0.39 is 0 Å². The minimum Gasteiger partial charge on any atom is -0.385 e. The first-order valence-corrected chi connectivity index (χ1v) is 6.15. The average molecular weight is 268 g/mol. The summed E-state index contributed by atoms with van der Waals surface area (Å²) in [5.41, 5.74) is 0.597. The lowest BCUT2D eigenvalue weighted by Gasteiger charge is -2.24. The predicted octanol–water partition coefficient (Wildman–Crippen LogP) is 3.08. The van der Waals surface area contributed by atoms with Crippen LogP contribution in [0, 0.1) is 16.7 Å². The van der Waals surface area contributed by atoms with Gasteiger partial charge in [0.25, 0.3) is 0 Å². The Morgan fingerprint density at radius 1 is 1.50 bits per heavy atom. The molecule has 0 aliphatic rings. The molecular formula is C13H18ClN3O. The smallest absolute Gasteiger partial charge is 0.132 e. The largest absolute Gasteiger partial charge is 0.385 e. The topological polar surface area (TPSA) is 57.9 Å². The molecule has 98 valence electrons. The number of aromatic nitrogens is 1. The Bertz CT molecular complexity index is 440. The van der Waals surface area contributed by atoms with Crippen molar-refractivity contribution in [3.8, 4) is 6.07 Å². The van der Waals surface area contributed by atoms with Crippen molar-refractivity contribution in [2.45, 2.75) is 20.3 Å². The summed E-state index contributed by atoms with van der Waals surface area (Å²) in [5, 5.41) is 12.4. The summed E-state index contributed by atoms with van der Waals surface area (Å²) in [6, 6.07) is 5.29. The highest BCUT2D eigenvalue weighted by molar-refractivity contribution is 6.29. The maximum absolute atomic E-state index is 8.85. The Balaban J connectivity index is 2.63. The van der Waals surface area contributed by atoms with Crippen LogP contribution in [-0.4, -0.2) is 25.2 Å². The quantitative estimate of drug-likeness (QED) is 0.805. The second kappa shape index (κ2) is 6.58. The summed E-state index contributed by atoms with van der Waals surface area (Å²) in [6.07, 6.45) is 0.947. The maximum atomic E-state index is 8.85. The van der Waals surface area contributed by atoms with Gasteiger partial charge in [-0.15, -0.1) is 0 Å². The van der Waals surface area contributed by atoms with Gasteiger partial charge in [0.1, 0.15) is 11.0 Å². The molecule has 0 atom stereocenters. The van der Waals surface area contributed by atoms with Gasteiger partial charge >= 0.3 is 0 Å². The highest BCUT2D eigenvalue weighted by Gasteiger charge is 2.17. The first-order valence-electron chi connectivity index (χ1n) is 5.77. The van der Waals surface area contributed by atoms with Gasteiger partial charge in [-0.3, -0.25) is 0 Å². The number of anilines is 1. The molecule has 0 unspecified atom stereocenters. The van der Waals surface area contributed by atoms with Crippen molar-refractivity contribution in [1.29, 1.82) is 5.26 Å². The molecule has 0 aliphatic carbocycles. The molecule has 5 heteroatoms. The van der Waals surface area contributed by atoms with Gasteiger partial charge in [0.05, 0.1) is 11.6 Å². The number of hydrogen-bond acceptors (Lipinski definition) is 4. The number of nitrogens with one attached hydrogen (secondary N) is 1. The molecule has 1 rings (SSSR count). The SMILES string of the molecule is COCCC(C)(C)CNc1cc(C#N)cc(Cl)n1. The number of hydrogen-bond donors (Lipinski definition) is 1. The van der Waals surface area contributed by atoms with Gasteiger partial charge in [0, 0.05) is 20.3 Å². The standard InChI is InChI=1S/C13H18ClN3O/c1-13(2,4-5-18-3)9-16-12-7-10(8-15)6-11(14)17-12/h6-7H,4-5,9H2,1-3H3,(H,16,17). The van der Waals surface area contributed by atoms with Crippen LogP contribution in [0.2, 0.25) is 5.15 Å². The van der Waals surface area contributed by atoms with E-state index in [1.165, 1.54) is 0 Å². The molecule has 1 N–H and O–H groups in total. The van der Waals surface area contributed by atoms with Crippen LogP contribution in [0.1, 0.15) is 25.8 Å². The number of nitrogens with zero attached hydrogens (tertiary/aromatic N) is 2. The molecule has 0 bridgehead atoms.